The van der Waals surface area contributed by atoms with E-state index in [1.54, 1.807) is 19.1 Å². The molecule has 0 fully saturated rings. The minimum absolute atomic E-state index is 0.216. The van der Waals surface area contributed by atoms with Crippen LogP contribution in [0.15, 0.2) is 48.5 Å². The molecule has 1 amide bonds. The molecule has 0 unspecified atom stereocenters. The van der Waals surface area contributed by atoms with Gasteiger partial charge in [0.1, 0.15) is 6.04 Å². The van der Waals surface area contributed by atoms with Gasteiger partial charge in [0.2, 0.25) is 15.9 Å². The maximum Gasteiger partial charge on any atom is 0.244 e. The molecule has 0 saturated heterocycles. The summed E-state index contributed by atoms with van der Waals surface area (Å²) in [6.45, 7) is 7.28. The lowest BCUT2D eigenvalue weighted by atomic mass is 10.1. The predicted molar refractivity (Wildman–Crippen MR) is 106 cm³/mol. The second kappa shape index (κ2) is 7.91. The van der Waals surface area contributed by atoms with E-state index in [-0.39, 0.29) is 11.9 Å². The standard InChI is InChI=1S/C20H26N2O3S/c1-14-11-15(2)13-19(12-14)22(26(5,24)25)17(4)20(23)21-16(3)18-9-7-6-8-10-18/h6-13,16-17H,1-5H3,(H,21,23)/t16-,17-/m0/s1. The summed E-state index contributed by atoms with van der Waals surface area (Å²) in [7, 11) is -3.62. The number of hydrogen-bond donors (Lipinski definition) is 1. The largest absolute Gasteiger partial charge is 0.348 e. The van der Waals surface area contributed by atoms with E-state index in [4.69, 9.17) is 0 Å². The molecule has 2 aromatic rings. The number of benzene rings is 2. The van der Waals surface area contributed by atoms with Crippen LogP contribution in [0.2, 0.25) is 0 Å². The van der Waals surface area contributed by atoms with Crippen LogP contribution in [0.5, 0.6) is 0 Å². The molecule has 1 N–H and O–H groups in total. The van der Waals surface area contributed by atoms with Crippen molar-refractivity contribution in [3.8, 4) is 0 Å². The van der Waals surface area contributed by atoms with Crippen molar-refractivity contribution >= 4 is 21.6 Å². The first kappa shape index (κ1) is 20.0. The molecule has 2 rings (SSSR count). The first-order chi connectivity index (χ1) is 12.1. The molecular formula is C20H26N2O3S. The molecule has 0 aliphatic rings. The van der Waals surface area contributed by atoms with E-state index in [0.717, 1.165) is 22.9 Å². The molecule has 0 aliphatic carbocycles. The van der Waals surface area contributed by atoms with Gasteiger partial charge in [-0.15, -0.1) is 0 Å². The molecule has 0 saturated carbocycles. The smallest absolute Gasteiger partial charge is 0.244 e. The van der Waals surface area contributed by atoms with Crippen molar-refractivity contribution in [1.82, 2.24) is 5.32 Å². The number of rotatable bonds is 6. The van der Waals surface area contributed by atoms with Crippen LogP contribution >= 0.6 is 0 Å². The van der Waals surface area contributed by atoms with Crippen molar-refractivity contribution < 1.29 is 13.2 Å². The molecule has 6 heteroatoms. The Morgan fingerprint density at radius 1 is 1.00 bits per heavy atom. The van der Waals surface area contributed by atoms with Crippen LogP contribution in [0.3, 0.4) is 0 Å². The molecule has 0 heterocycles. The summed E-state index contributed by atoms with van der Waals surface area (Å²) in [4.78, 5) is 12.7. The molecule has 0 aliphatic heterocycles. The van der Waals surface area contributed by atoms with Crippen LogP contribution in [-0.2, 0) is 14.8 Å². The van der Waals surface area contributed by atoms with Crippen LogP contribution in [0.25, 0.3) is 0 Å². The first-order valence-electron chi connectivity index (χ1n) is 8.52. The highest BCUT2D eigenvalue weighted by Gasteiger charge is 2.30. The van der Waals surface area contributed by atoms with Crippen LogP contribution in [0.1, 0.15) is 36.6 Å². The minimum atomic E-state index is -3.62. The summed E-state index contributed by atoms with van der Waals surface area (Å²) >= 11 is 0. The number of carbonyl (C=O) groups is 1. The summed E-state index contributed by atoms with van der Waals surface area (Å²) in [5.41, 5.74) is 3.35. The van der Waals surface area contributed by atoms with E-state index in [1.165, 1.54) is 4.31 Å². The first-order valence-corrected chi connectivity index (χ1v) is 10.4. The van der Waals surface area contributed by atoms with E-state index in [1.807, 2.05) is 57.2 Å². The summed E-state index contributed by atoms with van der Waals surface area (Å²) in [5, 5.41) is 2.90. The highest BCUT2D eigenvalue weighted by molar-refractivity contribution is 7.92. The van der Waals surface area contributed by atoms with Crippen molar-refractivity contribution in [2.45, 2.75) is 39.8 Å². The SMILES string of the molecule is Cc1cc(C)cc(N([C@@H](C)C(=O)N[C@@H](C)c2ccccc2)S(C)(=O)=O)c1. The summed E-state index contributed by atoms with van der Waals surface area (Å²) < 4.78 is 26.0. The van der Waals surface area contributed by atoms with Crippen molar-refractivity contribution in [2.75, 3.05) is 10.6 Å². The monoisotopic (exact) mass is 374 g/mol. The van der Waals surface area contributed by atoms with Crippen molar-refractivity contribution in [1.29, 1.82) is 0 Å². The Morgan fingerprint density at radius 2 is 1.54 bits per heavy atom. The summed E-state index contributed by atoms with van der Waals surface area (Å²) in [6.07, 6.45) is 1.12. The lowest BCUT2D eigenvalue weighted by Crippen LogP contribution is -2.48. The van der Waals surface area contributed by atoms with Crippen molar-refractivity contribution in [3.63, 3.8) is 0 Å². The quantitative estimate of drug-likeness (QED) is 0.843. The van der Waals surface area contributed by atoms with Gasteiger partial charge in [-0.1, -0.05) is 36.4 Å². The van der Waals surface area contributed by atoms with Gasteiger partial charge in [0.15, 0.2) is 0 Å². The minimum Gasteiger partial charge on any atom is -0.348 e. The summed E-state index contributed by atoms with van der Waals surface area (Å²) in [5.74, 6) is -0.342. The van der Waals surface area contributed by atoms with Gasteiger partial charge < -0.3 is 5.32 Å². The lowest BCUT2D eigenvalue weighted by Gasteiger charge is -2.29. The molecule has 0 spiro atoms. The second-order valence-electron chi connectivity index (χ2n) is 6.72. The number of aryl methyl sites for hydroxylation is 2. The Labute approximate surface area is 156 Å². The normalized spacial score (nSPS) is 13.7. The van der Waals surface area contributed by atoms with Gasteiger partial charge in [-0.25, -0.2) is 8.42 Å². The molecule has 0 radical (unpaired) electrons. The van der Waals surface area contributed by atoms with Gasteiger partial charge in [0.05, 0.1) is 18.0 Å². The molecular weight excluding hydrogens is 348 g/mol. The van der Waals surface area contributed by atoms with E-state index in [2.05, 4.69) is 5.32 Å². The average Bonchev–Trinajstić information content (AvgIpc) is 2.53. The number of nitrogens with zero attached hydrogens (tertiary/aromatic N) is 1. The Morgan fingerprint density at radius 3 is 2.04 bits per heavy atom. The van der Waals surface area contributed by atoms with E-state index >= 15 is 0 Å². The fourth-order valence-electron chi connectivity index (χ4n) is 3.05. The van der Waals surface area contributed by atoms with Crippen molar-refractivity contribution in [2.24, 2.45) is 0 Å². The Hall–Kier alpha value is -2.34. The Balaban J connectivity index is 2.29. The summed E-state index contributed by atoms with van der Waals surface area (Å²) in [6, 6.07) is 14.0. The zero-order valence-corrected chi connectivity index (χ0v) is 16.7. The predicted octanol–water partition coefficient (Wildman–Crippen LogP) is 3.34. The van der Waals surface area contributed by atoms with Gasteiger partial charge in [-0.05, 0) is 56.5 Å². The molecule has 2 aromatic carbocycles. The van der Waals surface area contributed by atoms with E-state index < -0.39 is 16.1 Å². The fourth-order valence-corrected chi connectivity index (χ4v) is 4.20. The highest BCUT2D eigenvalue weighted by atomic mass is 32.2. The molecule has 0 aromatic heterocycles. The van der Waals surface area contributed by atoms with Crippen LogP contribution in [-0.4, -0.2) is 26.6 Å². The number of amides is 1. The highest BCUT2D eigenvalue weighted by Crippen LogP contribution is 2.24. The Kier molecular flexibility index (Phi) is 6.08. The van der Waals surface area contributed by atoms with Crippen LogP contribution in [0, 0.1) is 13.8 Å². The number of anilines is 1. The van der Waals surface area contributed by atoms with Gasteiger partial charge in [-0.3, -0.25) is 9.10 Å². The fraction of sp³-hybridized carbons (Fsp3) is 0.350. The Bertz CT molecular complexity index is 859. The average molecular weight is 375 g/mol. The van der Waals surface area contributed by atoms with Gasteiger partial charge in [0, 0.05) is 0 Å². The number of carbonyl (C=O) groups excluding carboxylic acids is 1. The maximum absolute atomic E-state index is 12.7. The molecule has 2 atom stereocenters. The molecule has 0 bridgehead atoms. The topological polar surface area (TPSA) is 66.5 Å². The van der Waals surface area contributed by atoms with Crippen LogP contribution in [0.4, 0.5) is 5.69 Å². The van der Waals surface area contributed by atoms with E-state index in [9.17, 15) is 13.2 Å². The van der Waals surface area contributed by atoms with Gasteiger partial charge >= 0.3 is 0 Å². The third-order valence-corrected chi connectivity index (χ3v) is 5.45. The van der Waals surface area contributed by atoms with Crippen LogP contribution < -0.4 is 9.62 Å². The second-order valence-corrected chi connectivity index (χ2v) is 8.58. The van der Waals surface area contributed by atoms with Gasteiger partial charge in [0.25, 0.3) is 0 Å². The van der Waals surface area contributed by atoms with E-state index in [0.29, 0.717) is 5.69 Å². The zero-order chi connectivity index (χ0) is 19.5. The zero-order valence-electron chi connectivity index (χ0n) is 15.9. The van der Waals surface area contributed by atoms with Crippen molar-refractivity contribution in [3.05, 3.63) is 65.2 Å². The van der Waals surface area contributed by atoms with Gasteiger partial charge in [-0.2, -0.15) is 0 Å². The number of nitrogens with one attached hydrogen (secondary N) is 1. The number of hydrogen-bond acceptors (Lipinski definition) is 3. The maximum atomic E-state index is 12.7. The number of sulfonamides is 1. The lowest BCUT2D eigenvalue weighted by molar-refractivity contribution is -0.122. The molecule has 5 nitrogen and oxygen atoms in total. The molecule has 26 heavy (non-hydrogen) atoms. The third kappa shape index (κ3) is 4.85. The third-order valence-electron chi connectivity index (χ3n) is 4.21. The molecule has 140 valence electrons.